The summed E-state index contributed by atoms with van der Waals surface area (Å²) in [7, 11) is 0. The van der Waals surface area contributed by atoms with Gasteiger partial charge in [-0.2, -0.15) is 0 Å². The molecular weight excluding hydrogens is 218 g/mol. The zero-order valence-electron chi connectivity index (χ0n) is 12.4. The Morgan fingerprint density at radius 3 is 2.33 bits per heavy atom. The minimum Gasteiger partial charge on any atom is -0.316 e. The molecule has 0 aromatic heterocycles. The van der Waals surface area contributed by atoms with Crippen molar-refractivity contribution >= 4 is 0 Å². The van der Waals surface area contributed by atoms with Crippen LogP contribution < -0.4 is 5.32 Å². The van der Waals surface area contributed by atoms with Gasteiger partial charge in [-0.05, 0) is 56.5 Å². The zero-order valence-corrected chi connectivity index (χ0v) is 12.4. The smallest absolute Gasteiger partial charge is 0.00178 e. The van der Waals surface area contributed by atoms with E-state index in [1.807, 2.05) is 0 Å². The first-order valence-electron chi connectivity index (χ1n) is 8.61. The second-order valence-electron chi connectivity index (χ2n) is 6.76. The van der Waals surface area contributed by atoms with Crippen molar-refractivity contribution in [1.82, 2.24) is 5.32 Å². The van der Waals surface area contributed by atoms with Gasteiger partial charge >= 0.3 is 0 Å². The summed E-state index contributed by atoms with van der Waals surface area (Å²) < 4.78 is 0. The SMILES string of the molecule is CCCCCCCCCNCC1CC2CCC1C2. The molecule has 0 saturated heterocycles. The van der Waals surface area contributed by atoms with E-state index >= 15 is 0 Å². The summed E-state index contributed by atoms with van der Waals surface area (Å²) in [6.07, 6.45) is 16.2. The Morgan fingerprint density at radius 2 is 1.67 bits per heavy atom. The van der Waals surface area contributed by atoms with Crippen LogP contribution in [-0.4, -0.2) is 13.1 Å². The van der Waals surface area contributed by atoms with Crippen LogP contribution in [0.4, 0.5) is 0 Å². The molecule has 2 aliphatic carbocycles. The highest BCUT2D eigenvalue weighted by atomic mass is 14.9. The van der Waals surface area contributed by atoms with Crippen LogP contribution in [0.25, 0.3) is 0 Å². The van der Waals surface area contributed by atoms with Crippen molar-refractivity contribution in [3.63, 3.8) is 0 Å². The van der Waals surface area contributed by atoms with Crippen LogP contribution in [0.2, 0.25) is 0 Å². The summed E-state index contributed by atoms with van der Waals surface area (Å²) in [5.74, 6) is 3.24. The quantitative estimate of drug-likeness (QED) is 0.552. The van der Waals surface area contributed by atoms with Crippen molar-refractivity contribution in [2.45, 2.75) is 77.6 Å². The van der Waals surface area contributed by atoms with Gasteiger partial charge in [-0.1, -0.05) is 51.9 Å². The summed E-state index contributed by atoms with van der Waals surface area (Å²) in [6, 6.07) is 0. The third kappa shape index (κ3) is 4.57. The van der Waals surface area contributed by atoms with Gasteiger partial charge in [0.15, 0.2) is 0 Å². The monoisotopic (exact) mass is 251 g/mol. The topological polar surface area (TPSA) is 12.0 Å². The maximum Gasteiger partial charge on any atom is -0.00178 e. The molecule has 2 aliphatic rings. The molecule has 106 valence electrons. The fourth-order valence-electron chi connectivity index (χ4n) is 4.12. The molecule has 0 spiro atoms. The number of hydrogen-bond acceptors (Lipinski definition) is 1. The normalized spacial score (nSPS) is 30.2. The maximum absolute atomic E-state index is 3.71. The van der Waals surface area contributed by atoms with Crippen LogP contribution in [0, 0.1) is 17.8 Å². The first-order valence-corrected chi connectivity index (χ1v) is 8.61. The second kappa shape index (κ2) is 8.19. The summed E-state index contributed by atoms with van der Waals surface area (Å²) in [4.78, 5) is 0. The molecule has 0 aliphatic heterocycles. The molecule has 1 N–H and O–H groups in total. The van der Waals surface area contributed by atoms with Crippen LogP contribution in [0.15, 0.2) is 0 Å². The van der Waals surface area contributed by atoms with E-state index in [0.29, 0.717) is 0 Å². The highest BCUT2D eigenvalue weighted by Gasteiger charge is 2.38. The standard InChI is InChI=1S/C17H33N/c1-2-3-4-5-6-7-8-11-18-14-17-13-15-9-10-16(17)12-15/h15-18H,2-14H2,1H3. The van der Waals surface area contributed by atoms with E-state index in [9.17, 15) is 0 Å². The summed E-state index contributed by atoms with van der Waals surface area (Å²) in [6.45, 7) is 4.87. The minimum absolute atomic E-state index is 1.04. The van der Waals surface area contributed by atoms with E-state index in [-0.39, 0.29) is 0 Å². The summed E-state index contributed by atoms with van der Waals surface area (Å²) in [5, 5.41) is 3.71. The molecule has 1 nitrogen and oxygen atoms in total. The van der Waals surface area contributed by atoms with Crippen molar-refractivity contribution in [1.29, 1.82) is 0 Å². The van der Waals surface area contributed by atoms with Gasteiger partial charge in [-0.3, -0.25) is 0 Å². The number of unbranched alkanes of at least 4 members (excludes halogenated alkanes) is 6. The average Bonchev–Trinajstić information content (AvgIpc) is 2.99. The molecule has 2 fully saturated rings. The molecule has 1 heteroatoms. The van der Waals surface area contributed by atoms with Gasteiger partial charge < -0.3 is 5.32 Å². The fraction of sp³-hybridized carbons (Fsp3) is 1.00. The predicted octanol–water partition coefficient (Wildman–Crippen LogP) is 4.76. The molecule has 3 atom stereocenters. The lowest BCUT2D eigenvalue weighted by atomic mass is 9.89. The first-order chi connectivity index (χ1) is 8.90. The molecule has 2 bridgehead atoms. The van der Waals surface area contributed by atoms with Crippen molar-refractivity contribution < 1.29 is 0 Å². The molecule has 0 aromatic carbocycles. The molecule has 18 heavy (non-hydrogen) atoms. The van der Waals surface area contributed by atoms with Gasteiger partial charge in [0.05, 0.1) is 0 Å². The Balaban J connectivity index is 1.36. The Labute approximate surface area is 114 Å². The lowest BCUT2D eigenvalue weighted by Crippen LogP contribution is -2.27. The number of nitrogens with one attached hydrogen (secondary N) is 1. The summed E-state index contributed by atoms with van der Waals surface area (Å²) >= 11 is 0. The van der Waals surface area contributed by atoms with Crippen molar-refractivity contribution in [2.75, 3.05) is 13.1 Å². The van der Waals surface area contributed by atoms with Gasteiger partial charge in [0.25, 0.3) is 0 Å². The van der Waals surface area contributed by atoms with E-state index in [2.05, 4.69) is 12.2 Å². The highest BCUT2D eigenvalue weighted by Crippen LogP contribution is 2.47. The highest BCUT2D eigenvalue weighted by molar-refractivity contribution is 4.90. The number of fused-ring (bicyclic) bond motifs is 2. The van der Waals surface area contributed by atoms with Gasteiger partial charge in [-0.15, -0.1) is 0 Å². The van der Waals surface area contributed by atoms with Crippen LogP contribution >= 0.6 is 0 Å². The van der Waals surface area contributed by atoms with E-state index in [1.54, 1.807) is 12.8 Å². The van der Waals surface area contributed by atoms with Crippen LogP contribution in [0.3, 0.4) is 0 Å². The molecule has 0 aromatic rings. The van der Waals surface area contributed by atoms with Gasteiger partial charge in [0, 0.05) is 0 Å². The predicted molar refractivity (Wildman–Crippen MR) is 79.8 cm³/mol. The molecule has 0 radical (unpaired) electrons. The van der Waals surface area contributed by atoms with Crippen molar-refractivity contribution in [3.8, 4) is 0 Å². The van der Waals surface area contributed by atoms with E-state index < -0.39 is 0 Å². The number of rotatable bonds is 10. The fourth-order valence-corrected chi connectivity index (χ4v) is 4.12. The maximum atomic E-state index is 3.71. The minimum atomic E-state index is 1.04. The largest absolute Gasteiger partial charge is 0.316 e. The summed E-state index contributed by atoms with van der Waals surface area (Å²) in [5.41, 5.74) is 0. The second-order valence-corrected chi connectivity index (χ2v) is 6.76. The van der Waals surface area contributed by atoms with Crippen LogP contribution in [0.1, 0.15) is 77.6 Å². The van der Waals surface area contributed by atoms with Crippen molar-refractivity contribution in [3.05, 3.63) is 0 Å². The first kappa shape index (κ1) is 14.4. The lowest BCUT2D eigenvalue weighted by molar-refractivity contribution is 0.318. The molecule has 3 unspecified atom stereocenters. The molecule has 0 heterocycles. The molecule has 2 rings (SSSR count). The van der Waals surface area contributed by atoms with Gasteiger partial charge in [0.1, 0.15) is 0 Å². The zero-order chi connectivity index (χ0) is 12.6. The molecular formula is C17H33N. The van der Waals surface area contributed by atoms with Crippen LogP contribution in [0.5, 0.6) is 0 Å². The van der Waals surface area contributed by atoms with Crippen molar-refractivity contribution in [2.24, 2.45) is 17.8 Å². The third-order valence-electron chi connectivity index (χ3n) is 5.25. The van der Waals surface area contributed by atoms with E-state index in [1.165, 1.54) is 70.9 Å². The third-order valence-corrected chi connectivity index (χ3v) is 5.25. The van der Waals surface area contributed by atoms with Crippen LogP contribution in [-0.2, 0) is 0 Å². The van der Waals surface area contributed by atoms with E-state index in [4.69, 9.17) is 0 Å². The van der Waals surface area contributed by atoms with Gasteiger partial charge in [-0.25, -0.2) is 0 Å². The lowest BCUT2D eigenvalue weighted by Gasteiger charge is -2.21. The number of hydrogen-bond donors (Lipinski definition) is 1. The molecule has 0 amide bonds. The van der Waals surface area contributed by atoms with E-state index in [0.717, 1.165) is 17.8 Å². The Kier molecular flexibility index (Phi) is 6.54. The Hall–Kier alpha value is -0.0400. The Morgan fingerprint density at radius 1 is 0.889 bits per heavy atom. The Bertz CT molecular complexity index is 214. The average molecular weight is 251 g/mol. The molecule has 2 saturated carbocycles. The van der Waals surface area contributed by atoms with Gasteiger partial charge in [0.2, 0.25) is 0 Å².